The highest BCUT2D eigenvalue weighted by Gasteiger charge is 2.35. The third-order valence-corrected chi connectivity index (χ3v) is 5.51. The summed E-state index contributed by atoms with van der Waals surface area (Å²) >= 11 is 6.70. The number of benzene rings is 2. The fourth-order valence-corrected chi connectivity index (χ4v) is 3.74. The van der Waals surface area contributed by atoms with E-state index in [1.54, 1.807) is 19.2 Å². The molecule has 1 aliphatic rings. The van der Waals surface area contributed by atoms with Crippen molar-refractivity contribution in [2.24, 2.45) is 5.10 Å². The maximum Gasteiger partial charge on any atom is 0.310 e. The van der Waals surface area contributed by atoms with E-state index in [4.69, 9.17) is 9.15 Å². The molecule has 2 heterocycles. The minimum atomic E-state index is -0.286. The Hall–Kier alpha value is -2.38. The first-order valence-electron chi connectivity index (χ1n) is 8.61. The summed E-state index contributed by atoms with van der Waals surface area (Å²) in [6.07, 6.45) is 0.600. The van der Waals surface area contributed by atoms with Gasteiger partial charge >= 0.3 is 5.91 Å². The minimum absolute atomic E-state index is 0.237. The largest absolute Gasteiger partial charge is 0.497 e. The molecule has 3 aromatic rings. The summed E-state index contributed by atoms with van der Waals surface area (Å²) < 4.78 is 12.3. The molecule has 0 fully saturated rings. The van der Waals surface area contributed by atoms with E-state index in [9.17, 15) is 4.79 Å². The fourth-order valence-electron chi connectivity index (χ4n) is 3.16. The first-order valence-corrected chi connectivity index (χ1v) is 10.2. The quantitative estimate of drug-likeness (QED) is 0.451. The predicted octanol–water partition coefficient (Wildman–Crippen LogP) is 5.80. The van der Waals surface area contributed by atoms with Crippen molar-refractivity contribution in [3.8, 4) is 5.75 Å². The predicted molar refractivity (Wildman–Crippen MR) is 114 cm³/mol. The summed E-state index contributed by atoms with van der Waals surface area (Å²) in [4.78, 5) is 13.1. The number of methoxy groups -OCH3 is 1. The van der Waals surface area contributed by atoms with Crippen LogP contribution in [0.25, 0.3) is 0 Å². The second-order valence-corrected chi connectivity index (χ2v) is 8.00. The van der Waals surface area contributed by atoms with Gasteiger partial charge in [-0.2, -0.15) is 5.10 Å². The molecule has 0 saturated carbocycles. The standard InChI is InChI=1S/C21H16Br2N2O3/c1-27-16-4-2-3-14(11-16)18-12-17(13-5-7-15(22)8-6-13)24-25(18)21(26)19-9-10-20(23)28-19/h2-11,18H,12H2,1H3/t18-/m0/s1. The van der Waals surface area contributed by atoms with Gasteiger partial charge in [-0.05, 0) is 63.5 Å². The number of furan rings is 1. The van der Waals surface area contributed by atoms with Gasteiger partial charge in [0.1, 0.15) is 5.75 Å². The van der Waals surface area contributed by atoms with Crippen molar-refractivity contribution in [3.63, 3.8) is 0 Å². The summed E-state index contributed by atoms with van der Waals surface area (Å²) in [7, 11) is 1.63. The third-order valence-electron chi connectivity index (χ3n) is 4.56. The lowest BCUT2D eigenvalue weighted by atomic mass is 9.98. The molecule has 5 nitrogen and oxygen atoms in total. The van der Waals surface area contributed by atoms with Gasteiger partial charge in [0.15, 0.2) is 10.4 Å². The van der Waals surface area contributed by atoms with Crippen LogP contribution in [0.15, 0.2) is 79.3 Å². The average Bonchev–Trinajstić information content (AvgIpc) is 3.35. The second kappa shape index (κ2) is 7.93. The number of halogens is 2. The fraction of sp³-hybridized carbons (Fsp3) is 0.143. The molecule has 0 bridgehead atoms. The average molecular weight is 504 g/mol. The number of amides is 1. The lowest BCUT2D eigenvalue weighted by Gasteiger charge is -2.21. The van der Waals surface area contributed by atoms with Gasteiger partial charge < -0.3 is 9.15 Å². The molecular formula is C21H16Br2N2O3. The number of hydrogen-bond acceptors (Lipinski definition) is 4. The maximum atomic E-state index is 13.1. The monoisotopic (exact) mass is 502 g/mol. The van der Waals surface area contributed by atoms with E-state index in [0.717, 1.165) is 27.1 Å². The van der Waals surface area contributed by atoms with Gasteiger partial charge in [0.05, 0.1) is 18.9 Å². The number of ether oxygens (including phenoxy) is 1. The van der Waals surface area contributed by atoms with E-state index in [1.165, 1.54) is 5.01 Å². The first-order chi connectivity index (χ1) is 13.5. The summed E-state index contributed by atoms with van der Waals surface area (Å²) in [6.45, 7) is 0. The summed E-state index contributed by atoms with van der Waals surface area (Å²) in [5, 5.41) is 6.15. The molecule has 2 aromatic carbocycles. The summed E-state index contributed by atoms with van der Waals surface area (Å²) in [5.41, 5.74) is 2.78. The van der Waals surface area contributed by atoms with Crippen LogP contribution in [0.1, 0.15) is 34.1 Å². The zero-order chi connectivity index (χ0) is 19.7. The van der Waals surface area contributed by atoms with Crippen LogP contribution >= 0.6 is 31.9 Å². The van der Waals surface area contributed by atoms with Crippen molar-refractivity contribution >= 4 is 43.5 Å². The molecule has 7 heteroatoms. The van der Waals surface area contributed by atoms with Gasteiger partial charge in [-0.1, -0.05) is 40.2 Å². The Morgan fingerprint density at radius 1 is 1.14 bits per heavy atom. The number of rotatable bonds is 4. The number of hydrogen-bond donors (Lipinski definition) is 0. The van der Waals surface area contributed by atoms with E-state index in [1.807, 2.05) is 48.5 Å². The van der Waals surface area contributed by atoms with Crippen molar-refractivity contribution in [2.45, 2.75) is 12.5 Å². The molecule has 28 heavy (non-hydrogen) atoms. The molecular weight excluding hydrogens is 488 g/mol. The first kappa shape index (κ1) is 19.0. The minimum Gasteiger partial charge on any atom is -0.497 e. The van der Waals surface area contributed by atoms with Crippen LogP contribution in [0.3, 0.4) is 0 Å². The highest BCUT2D eigenvalue weighted by atomic mass is 79.9. The zero-order valence-corrected chi connectivity index (χ0v) is 18.1. The van der Waals surface area contributed by atoms with Crippen LogP contribution in [0.4, 0.5) is 0 Å². The van der Waals surface area contributed by atoms with Crippen molar-refractivity contribution in [1.82, 2.24) is 5.01 Å². The second-order valence-electron chi connectivity index (χ2n) is 6.30. The number of hydrazone groups is 1. The van der Waals surface area contributed by atoms with E-state index in [0.29, 0.717) is 11.1 Å². The van der Waals surface area contributed by atoms with Crippen LogP contribution in [0.5, 0.6) is 5.75 Å². The lowest BCUT2D eigenvalue weighted by molar-refractivity contribution is 0.0677. The van der Waals surface area contributed by atoms with Crippen LogP contribution in [-0.2, 0) is 0 Å². The van der Waals surface area contributed by atoms with Gasteiger partial charge in [-0.3, -0.25) is 4.79 Å². The van der Waals surface area contributed by atoms with Crippen molar-refractivity contribution < 1.29 is 13.9 Å². The van der Waals surface area contributed by atoms with Crippen LogP contribution < -0.4 is 4.74 Å². The zero-order valence-electron chi connectivity index (χ0n) is 14.9. The molecule has 0 aliphatic carbocycles. The van der Waals surface area contributed by atoms with Gasteiger partial charge in [0, 0.05) is 10.9 Å². The molecule has 1 atom stereocenters. The van der Waals surface area contributed by atoms with Crippen molar-refractivity contribution in [1.29, 1.82) is 0 Å². The molecule has 0 unspecified atom stereocenters. The topological polar surface area (TPSA) is 55.0 Å². The van der Waals surface area contributed by atoms with E-state index in [-0.39, 0.29) is 17.7 Å². The van der Waals surface area contributed by atoms with Crippen molar-refractivity contribution in [2.75, 3.05) is 7.11 Å². The summed E-state index contributed by atoms with van der Waals surface area (Å²) in [5.74, 6) is 0.689. The molecule has 0 radical (unpaired) electrons. The van der Waals surface area contributed by atoms with E-state index < -0.39 is 0 Å². The molecule has 0 saturated heterocycles. The maximum absolute atomic E-state index is 13.1. The Labute approximate surface area is 179 Å². The molecule has 1 aliphatic heterocycles. The SMILES string of the molecule is COc1cccc([C@@H]2CC(c3ccc(Br)cc3)=NN2C(=O)c2ccc(Br)o2)c1. The summed E-state index contributed by atoms with van der Waals surface area (Å²) in [6, 6.07) is 18.7. The van der Waals surface area contributed by atoms with Gasteiger partial charge in [-0.15, -0.1) is 0 Å². The molecule has 1 aromatic heterocycles. The lowest BCUT2D eigenvalue weighted by Crippen LogP contribution is -2.26. The Balaban J connectivity index is 1.73. The van der Waals surface area contributed by atoms with Crippen molar-refractivity contribution in [3.05, 3.63) is 86.7 Å². The molecule has 142 valence electrons. The number of nitrogens with zero attached hydrogens (tertiary/aromatic N) is 2. The van der Waals surface area contributed by atoms with Gasteiger partial charge in [0.25, 0.3) is 0 Å². The Kier molecular flexibility index (Phi) is 5.37. The molecule has 1 amide bonds. The third kappa shape index (κ3) is 3.77. The van der Waals surface area contributed by atoms with E-state index in [2.05, 4.69) is 37.0 Å². The van der Waals surface area contributed by atoms with Gasteiger partial charge in [0.2, 0.25) is 0 Å². The molecule has 0 N–H and O–H groups in total. The number of carbonyl (C=O) groups is 1. The van der Waals surface area contributed by atoms with Crippen LogP contribution in [-0.4, -0.2) is 23.7 Å². The smallest absolute Gasteiger partial charge is 0.310 e. The van der Waals surface area contributed by atoms with Crippen LogP contribution in [0.2, 0.25) is 0 Å². The number of carbonyl (C=O) groups excluding carboxylic acids is 1. The highest BCUT2D eigenvalue weighted by molar-refractivity contribution is 9.10. The molecule has 4 rings (SSSR count). The Bertz CT molecular complexity index is 1040. The van der Waals surface area contributed by atoms with Gasteiger partial charge in [-0.25, -0.2) is 5.01 Å². The Morgan fingerprint density at radius 2 is 1.93 bits per heavy atom. The normalized spacial score (nSPS) is 16.2. The van der Waals surface area contributed by atoms with Crippen LogP contribution in [0, 0.1) is 0 Å². The van der Waals surface area contributed by atoms with E-state index >= 15 is 0 Å². The highest BCUT2D eigenvalue weighted by Crippen LogP contribution is 2.35. The Morgan fingerprint density at radius 3 is 2.61 bits per heavy atom. The molecule has 0 spiro atoms.